The van der Waals surface area contributed by atoms with Gasteiger partial charge in [0.1, 0.15) is 17.3 Å². The summed E-state index contributed by atoms with van der Waals surface area (Å²) in [4.78, 5) is 12.0. The van der Waals surface area contributed by atoms with Gasteiger partial charge in [-0.15, -0.1) is 0 Å². The Kier molecular flexibility index (Phi) is 4.24. The SMILES string of the molecule is COc1ccc(Br)c(NC(=O)c2ccc(F)cc2O)c1. The van der Waals surface area contributed by atoms with Crippen LogP contribution in [0.25, 0.3) is 0 Å². The van der Waals surface area contributed by atoms with E-state index >= 15 is 0 Å². The monoisotopic (exact) mass is 339 g/mol. The minimum atomic E-state index is -0.610. The van der Waals surface area contributed by atoms with Gasteiger partial charge in [0.05, 0.1) is 18.4 Å². The summed E-state index contributed by atoms with van der Waals surface area (Å²) < 4.78 is 18.6. The first-order valence-corrected chi connectivity index (χ1v) is 6.44. The molecule has 0 spiro atoms. The van der Waals surface area contributed by atoms with Crippen LogP contribution >= 0.6 is 15.9 Å². The van der Waals surface area contributed by atoms with Crippen molar-refractivity contribution in [2.75, 3.05) is 12.4 Å². The van der Waals surface area contributed by atoms with Gasteiger partial charge in [0, 0.05) is 16.6 Å². The zero-order valence-electron chi connectivity index (χ0n) is 10.5. The second-order valence-corrected chi connectivity index (χ2v) is 4.82. The van der Waals surface area contributed by atoms with Crippen LogP contribution in [-0.4, -0.2) is 18.1 Å². The molecule has 0 aromatic heterocycles. The molecule has 0 atom stereocenters. The molecule has 2 aromatic rings. The lowest BCUT2D eigenvalue weighted by molar-refractivity contribution is 0.102. The maximum absolute atomic E-state index is 12.9. The Morgan fingerprint density at radius 2 is 2.05 bits per heavy atom. The Morgan fingerprint density at radius 3 is 2.70 bits per heavy atom. The first kappa shape index (κ1) is 14.3. The van der Waals surface area contributed by atoms with Gasteiger partial charge < -0.3 is 15.2 Å². The molecule has 1 amide bonds. The van der Waals surface area contributed by atoms with Crippen LogP contribution in [0.15, 0.2) is 40.9 Å². The Balaban J connectivity index is 2.27. The lowest BCUT2D eigenvalue weighted by Gasteiger charge is -2.10. The van der Waals surface area contributed by atoms with Gasteiger partial charge in [0.25, 0.3) is 5.91 Å². The number of carbonyl (C=O) groups excluding carboxylic acids is 1. The standard InChI is InChI=1S/C14H11BrFNO3/c1-20-9-3-5-11(15)12(7-9)17-14(19)10-4-2-8(16)6-13(10)18/h2-7,18H,1H3,(H,17,19). The number of ether oxygens (including phenoxy) is 1. The number of carbonyl (C=O) groups is 1. The molecule has 104 valence electrons. The van der Waals surface area contributed by atoms with Crippen molar-refractivity contribution >= 4 is 27.5 Å². The van der Waals surface area contributed by atoms with Crippen LogP contribution in [-0.2, 0) is 0 Å². The largest absolute Gasteiger partial charge is 0.507 e. The summed E-state index contributed by atoms with van der Waals surface area (Å²) >= 11 is 3.30. The van der Waals surface area contributed by atoms with Gasteiger partial charge in [-0.05, 0) is 40.2 Å². The van der Waals surface area contributed by atoms with Gasteiger partial charge in [0.2, 0.25) is 0 Å². The summed E-state index contributed by atoms with van der Waals surface area (Å²) in [6, 6.07) is 8.29. The van der Waals surface area contributed by atoms with E-state index in [0.29, 0.717) is 15.9 Å². The highest BCUT2D eigenvalue weighted by atomic mass is 79.9. The number of phenolic OH excluding ortho intramolecular Hbond substituents is 1. The Morgan fingerprint density at radius 1 is 1.30 bits per heavy atom. The molecule has 0 radical (unpaired) electrons. The predicted molar refractivity (Wildman–Crippen MR) is 76.7 cm³/mol. The Bertz CT molecular complexity index is 661. The molecule has 0 unspecified atom stereocenters. The summed E-state index contributed by atoms with van der Waals surface area (Å²) in [6.07, 6.45) is 0. The summed E-state index contributed by atoms with van der Waals surface area (Å²) in [5.74, 6) is -0.994. The van der Waals surface area contributed by atoms with E-state index in [1.165, 1.54) is 13.2 Å². The van der Waals surface area contributed by atoms with Gasteiger partial charge >= 0.3 is 0 Å². The average Bonchev–Trinajstić information content (AvgIpc) is 2.41. The van der Waals surface area contributed by atoms with Crippen LogP contribution in [0.3, 0.4) is 0 Å². The second kappa shape index (κ2) is 5.92. The minimum absolute atomic E-state index is 0.0129. The van der Waals surface area contributed by atoms with Gasteiger partial charge in [-0.25, -0.2) is 4.39 Å². The molecule has 2 N–H and O–H groups in total. The first-order valence-electron chi connectivity index (χ1n) is 5.64. The third-order valence-corrected chi connectivity index (χ3v) is 3.32. The third kappa shape index (κ3) is 3.08. The van der Waals surface area contributed by atoms with E-state index in [9.17, 15) is 14.3 Å². The molecule has 0 fully saturated rings. The van der Waals surface area contributed by atoms with Crippen LogP contribution in [0, 0.1) is 5.82 Å². The van der Waals surface area contributed by atoms with Crippen molar-refractivity contribution in [2.45, 2.75) is 0 Å². The van der Waals surface area contributed by atoms with Crippen LogP contribution in [0.1, 0.15) is 10.4 Å². The van der Waals surface area contributed by atoms with Crippen LogP contribution in [0.2, 0.25) is 0 Å². The number of hydrogen-bond donors (Lipinski definition) is 2. The van der Waals surface area contributed by atoms with E-state index in [1.54, 1.807) is 18.2 Å². The molecule has 0 saturated heterocycles. The maximum atomic E-state index is 12.9. The van der Waals surface area contributed by atoms with Gasteiger partial charge in [-0.2, -0.15) is 0 Å². The minimum Gasteiger partial charge on any atom is -0.507 e. The Labute approximate surface area is 123 Å². The molecule has 6 heteroatoms. The molecule has 0 bridgehead atoms. The molecule has 2 aromatic carbocycles. The fourth-order valence-corrected chi connectivity index (χ4v) is 1.96. The number of amides is 1. The van der Waals surface area contributed by atoms with Gasteiger partial charge in [-0.1, -0.05) is 0 Å². The highest BCUT2D eigenvalue weighted by Gasteiger charge is 2.13. The Hall–Kier alpha value is -2.08. The van der Waals surface area contributed by atoms with Gasteiger partial charge in [-0.3, -0.25) is 4.79 Å². The number of methoxy groups -OCH3 is 1. The topological polar surface area (TPSA) is 58.6 Å². The number of halogens is 2. The molecule has 4 nitrogen and oxygen atoms in total. The van der Waals surface area contributed by atoms with Crippen molar-refractivity contribution < 1.29 is 19.0 Å². The molecule has 2 rings (SSSR count). The van der Waals surface area contributed by atoms with Crippen molar-refractivity contribution in [1.82, 2.24) is 0 Å². The van der Waals surface area contributed by atoms with Crippen LogP contribution < -0.4 is 10.1 Å². The lowest BCUT2D eigenvalue weighted by Crippen LogP contribution is -2.12. The summed E-state index contributed by atoms with van der Waals surface area (Å²) in [7, 11) is 1.51. The molecule has 0 heterocycles. The normalized spacial score (nSPS) is 10.2. The van der Waals surface area contributed by atoms with Crippen molar-refractivity contribution in [3.05, 3.63) is 52.3 Å². The molecular weight excluding hydrogens is 329 g/mol. The first-order chi connectivity index (χ1) is 9.51. The van der Waals surface area contributed by atoms with Crippen molar-refractivity contribution in [1.29, 1.82) is 0 Å². The summed E-state index contributed by atoms with van der Waals surface area (Å²) in [6.45, 7) is 0. The lowest BCUT2D eigenvalue weighted by atomic mass is 10.1. The zero-order chi connectivity index (χ0) is 14.7. The van der Waals surface area contributed by atoms with E-state index in [4.69, 9.17) is 4.74 Å². The number of nitrogens with one attached hydrogen (secondary N) is 1. The van der Waals surface area contributed by atoms with Crippen LogP contribution in [0.5, 0.6) is 11.5 Å². The van der Waals surface area contributed by atoms with Crippen molar-refractivity contribution in [3.8, 4) is 11.5 Å². The van der Waals surface area contributed by atoms with E-state index in [0.717, 1.165) is 12.1 Å². The molecule has 0 aliphatic carbocycles. The number of phenols is 1. The van der Waals surface area contributed by atoms with E-state index < -0.39 is 17.5 Å². The van der Waals surface area contributed by atoms with E-state index in [1.807, 2.05) is 0 Å². The molecular formula is C14H11BrFNO3. The zero-order valence-corrected chi connectivity index (χ0v) is 12.1. The second-order valence-electron chi connectivity index (χ2n) is 3.96. The fourth-order valence-electron chi connectivity index (χ4n) is 1.61. The number of anilines is 1. The smallest absolute Gasteiger partial charge is 0.259 e. The highest BCUT2D eigenvalue weighted by Crippen LogP contribution is 2.28. The molecule has 0 aliphatic heterocycles. The quantitative estimate of drug-likeness (QED) is 0.898. The fraction of sp³-hybridized carbons (Fsp3) is 0.0714. The average molecular weight is 340 g/mol. The predicted octanol–water partition coefficient (Wildman–Crippen LogP) is 3.55. The number of aromatic hydroxyl groups is 1. The van der Waals surface area contributed by atoms with Gasteiger partial charge in [0.15, 0.2) is 0 Å². The van der Waals surface area contributed by atoms with Crippen LogP contribution in [0.4, 0.5) is 10.1 Å². The van der Waals surface area contributed by atoms with E-state index in [2.05, 4.69) is 21.2 Å². The number of benzene rings is 2. The molecule has 20 heavy (non-hydrogen) atoms. The summed E-state index contributed by atoms with van der Waals surface area (Å²) in [5.41, 5.74) is 0.471. The molecule has 0 saturated carbocycles. The van der Waals surface area contributed by atoms with Crippen molar-refractivity contribution in [2.24, 2.45) is 0 Å². The number of hydrogen-bond acceptors (Lipinski definition) is 3. The highest BCUT2D eigenvalue weighted by molar-refractivity contribution is 9.10. The van der Waals surface area contributed by atoms with E-state index in [-0.39, 0.29) is 5.56 Å². The molecule has 0 aliphatic rings. The summed E-state index contributed by atoms with van der Waals surface area (Å²) in [5, 5.41) is 12.2. The van der Waals surface area contributed by atoms with Crippen molar-refractivity contribution in [3.63, 3.8) is 0 Å². The third-order valence-electron chi connectivity index (χ3n) is 2.63. The number of rotatable bonds is 3. The maximum Gasteiger partial charge on any atom is 0.259 e.